The van der Waals surface area contributed by atoms with Crippen LogP contribution in [0.1, 0.15) is 59.3 Å². The van der Waals surface area contributed by atoms with Crippen LogP contribution in [0.5, 0.6) is 0 Å². The highest BCUT2D eigenvalue weighted by Gasteiger charge is 2.54. The van der Waals surface area contributed by atoms with E-state index in [0.717, 1.165) is 32.1 Å². The lowest BCUT2D eigenvalue weighted by Crippen LogP contribution is -2.50. The van der Waals surface area contributed by atoms with Gasteiger partial charge in [0.15, 0.2) is 5.78 Å². The van der Waals surface area contributed by atoms with Crippen molar-refractivity contribution >= 4 is 21.7 Å². The van der Waals surface area contributed by atoms with Gasteiger partial charge in [-0.3, -0.25) is 14.1 Å². The SMILES string of the molecule is C=C1CCC[C@H]2[C@](C)(CC3=CC(=O)C(NCCS(=O)(=O)O)=CC3=O)[C@@H](C)CC[C@@]12C. The number of carbonyl (C=O) groups excluding carboxylic acids is 2. The third kappa shape index (κ3) is 4.33. The molecule has 2 fully saturated rings. The molecule has 0 spiro atoms. The molecule has 0 heterocycles. The highest BCUT2D eigenvalue weighted by Crippen LogP contribution is 2.63. The van der Waals surface area contributed by atoms with Crippen LogP contribution in [0.2, 0.25) is 0 Å². The second kappa shape index (κ2) is 8.08. The van der Waals surface area contributed by atoms with Crippen LogP contribution in [0.4, 0.5) is 0 Å². The number of fused-ring (bicyclic) bond motifs is 1. The van der Waals surface area contributed by atoms with Gasteiger partial charge in [-0.25, -0.2) is 0 Å². The fourth-order valence-corrected chi connectivity index (χ4v) is 6.23. The van der Waals surface area contributed by atoms with Crippen molar-refractivity contribution in [2.24, 2.45) is 22.7 Å². The average Bonchev–Trinajstić information content (AvgIpc) is 2.64. The molecule has 4 atom stereocenters. The molecule has 0 saturated heterocycles. The minimum atomic E-state index is -4.13. The van der Waals surface area contributed by atoms with E-state index in [9.17, 15) is 18.0 Å². The smallest absolute Gasteiger partial charge is 0.266 e. The van der Waals surface area contributed by atoms with Crippen LogP contribution in [0.15, 0.2) is 35.6 Å². The number of carbonyl (C=O) groups is 2. The molecule has 2 saturated carbocycles. The van der Waals surface area contributed by atoms with Gasteiger partial charge in [0.1, 0.15) is 0 Å². The van der Waals surface area contributed by atoms with Crippen LogP contribution in [0.25, 0.3) is 0 Å². The molecule has 0 amide bonds. The lowest BCUT2D eigenvalue weighted by Gasteiger charge is -2.59. The summed E-state index contributed by atoms with van der Waals surface area (Å²) in [6.45, 7) is 11.1. The van der Waals surface area contributed by atoms with Gasteiger partial charge in [-0.1, -0.05) is 32.9 Å². The monoisotopic (exact) mass is 435 g/mol. The molecule has 0 radical (unpaired) electrons. The summed E-state index contributed by atoms with van der Waals surface area (Å²) >= 11 is 0. The standard InChI is InChI=1S/C23H33NO5S/c1-15-6-5-7-21-22(15,3)9-8-16(2)23(21,4)14-17-12-20(26)18(13-19(17)25)24-10-11-30(27,28)29/h12-13,16,21,24H,1,5-11,14H2,2-4H3,(H,27,28,29)/t16-,21+,22-,23+/m0/s1. The van der Waals surface area contributed by atoms with Crippen molar-refractivity contribution in [3.05, 3.63) is 35.6 Å². The Labute approximate surface area is 179 Å². The molecule has 7 heteroatoms. The molecule has 6 nitrogen and oxygen atoms in total. The Morgan fingerprint density at radius 3 is 2.57 bits per heavy atom. The van der Waals surface area contributed by atoms with Gasteiger partial charge in [0.2, 0.25) is 5.78 Å². The van der Waals surface area contributed by atoms with Gasteiger partial charge in [-0.2, -0.15) is 8.42 Å². The van der Waals surface area contributed by atoms with Crippen molar-refractivity contribution in [1.29, 1.82) is 0 Å². The van der Waals surface area contributed by atoms with E-state index in [1.807, 2.05) is 0 Å². The van der Waals surface area contributed by atoms with E-state index in [4.69, 9.17) is 4.55 Å². The van der Waals surface area contributed by atoms with Crippen LogP contribution in [-0.4, -0.2) is 36.8 Å². The second-order valence-electron chi connectivity index (χ2n) is 9.76. The lowest BCUT2D eigenvalue weighted by atomic mass is 9.46. The highest BCUT2D eigenvalue weighted by atomic mass is 32.2. The summed E-state index contributed by atoms with van der Waals surface area (Å²) in [6, 6.07) is 0. The van der Waals surface area contributed by atoms with Gasteiger partial charge in [0.25, 0.3) is 10.1 Å². The summed E-state index contributed by atoms with van der Waals surface area (Å²) in [5.74, 6) is -0.204. The van der Waals surface area contributed by atoms with Gasteiger partial charge < -0.3 is 5.32 Å². The topological polar surface area (TPSA) is 101 Å². The Morgan fingerprint density at radius 1 is 1.20 bits per heavy atom. The Kier molecular flexibility index (Phi) is 6.18. The zero-order valence-corrected chi connectivity index (χ0v) is 19.0. The van der Waals surface area contributed by atoms with E-state index in [2.05, 4.69) is 32.7 Å². The van der Waals surface area contributed by atoms with E-state index in [1.54, 1.807) is 0 Å². The normalized spacial score (nSPS) is 34.9. The van der Waals surface area contributed by atoms with Gasteiger partial charge in [0, 0.05) is 18.2 Å². The number of nitrogens with one attached hydrogen (secondary N) is 1. The van der Waals surface area contributed by atoms with Gasteiger partial charge in [-0.05, 0) is 67.3 Å². The van der Waals surface area contributed by atoms with E-state index in [-0.39, 0.29) is 34.6 Å². The maximum atomic E-state index is 12.8. The van der Waals surface area contributed by atoms with E-state index in [0.29, 0.717) is 23.8 Å². The molecule has 30 heavy (non-hydrogen) atoms. The van der Waals surface area contributed by atoms with Crippen LogP contribution < -0.4 is 5.32 Å². The molecule has 0 aromatic heterocycles. The first-order chi connectivity index (χ1) is 13.9. The first kappa shape index (κ1) is 22.9. The summed E-state index contributed by atoms with van der Waals surface area (Å²) in [6.07, 6.45) is 8.73. The zero-order chi connectivity index (χ0) is 22.3. The lowest BCUT2D eigenvalue weighted by molar-refractivity contribution is -0.116. The summed E-state index contributed by atoms with van der Waals surface area (Å²) < 4.78 is 30.5. The molecule has 0 unspecified atom stereocenters. The maximum absolute atomic E-state index is 12.8. The summed E-state index contributed by atoms with van der Waals surface area (Å²) in [5, 5.41) is 2.65. The maximum Gasteiger partial charge on any atom is 0.266 e. The quantitative estimate of drug-likeness (QED) is 0.375. The minimum absolute atomic E-state index is 0.0742. The molecule has 0 aromatic rings. The van der Waals surface area contributed by atoms with E-state index >= 15 is 0 Å². The predicted molar refractivity (Wildman–Crippen MR) is 116 cm³/mol. The second-order valence-corrected chi connectivity index (χ2v) is 11.3. The summed E-state index contributed by atoms with van der Waals surface area (Å²) in [7, 11) is -4.13. The fourth-order valence-electron chi connectivity index (χ4n) is 5.87. The summed E-state index contributed by atoms with van der Waals surface area (Å²) in [5.41, 5.74) is 1.91. The van der Waals surface area contributed by atoms with Crippen molar-refractivity contribution < 1.29 is 22.6 Å². The Morgan fingerprint density at radius 2 is 1.90 bits per heavy atom. The van der Waals surface area contributed by atoms with Crippen LogP contribution in [0, 0.1) is 22.7 Å². The molecule has 0 aliphatic heterocycles. The number of rotatable bonds is 6. The molecule has 3 aliphatic carbocycles. The van der Waals surface area contributed by atoms with Gasteiger partial charge in [0.05, 0.1) is 11.4 Å². The Bertz CT molecular complexity index is 931. The van der Waals surface area contributed by atoms with Crippen molar-refractivity contribution in [3.8, 4) is 0 Å². The molecule has 0 bridgehead atoms. The minimum Gasteiger partial charge on any atom is -0.381 e. The zero-order valence-electron chi connectivity index (χ0n) is 18.2. The molecule has 3 aliphatic rings. The Balaban J connectivity index is 1.78. The van der Waals surface area contributed by atoms with Gasteiger partial charge >= 0.3 is 0 Å². The largest absolute Gasteiger partial charge is 0.381 e. The third-order valence-corrected chi connectivity index (χ3v) is 8.70. The van der Waals surface area contributed by atoms with Crippen LogP contribution >= 0.6 is 0 Å². The number of hydrogen-bond acceptors (Lipinski definition) is 5. The van der Waals surface area contributed by atoms with E-state index in [1.165, 1.54) is 17.7 Å². The molecular formula is C23H33NO5S. The molecule has 0 aromatic carbocycles. The van der Waals surface area contributed by atoms with Crippen molar-refractivity contribution in [3.63, 3.8) is 0 Å². The van der Waals surface area contributed by atoms with Crippen LogP contribution in [-0.2, 0) is 19.7 Å². The first-order valence-electron chi connectivity index (χ1n) is 10.7. The fraction of sp³-hybridized carbons (Fsp3) is 0.652. The molecule has 2 N–H and O–H groups in total. The number of ketones is 2. The Hall–Kier alpha value is -1.73. The highest BCUT2D eigenvalue weighted by molar-refractivity contribution is 7.85. The van der Waals surface area contributed by atoms with Gasteiger partial charge in [-0.15, -0.1) is 0 Å². The van der Waals surface area contributed by atoms with Crippen molar-refractivity contribution in [1.82, 2.24) is 5.32 Å². The molecule has 3 rings (SSSR count). The molecular weight excluding hydrogens is 402 g/mol. The predicted octanol–water partition coefficient (Wildman–Crippen LogP) is 3.61. The van der Waals surface area contributed by atoms with E-state index < -0.39 is 15.9 Å². The number of allylic oxidation sites excluding steroid dienone is 4. The first-order valence-corrected chi connectivity index (χ1v) is 12.4. The third-order valence-electron chi connectivity index (χ3n) is 7.98. The molecule has 166 valence electrons. The van der Waals surface area contributed by atoms with Crippen molar-refractivity contribution in [2.75, 3.05) is 12.3 Å². The average molecular weight is 436 g/mol. The summed E-state index contributed by atoms with van der Waals surface area (Å²) in [4.78, 5) is 25.4. The van der Waals surface area contributed by atoms with Crippen LogP contribution in [0.3, 0.4) is 0 Å². The number of hydrogen-bond donors (Lipinski definition) is 2. The van der Waals surface area contributed by atoms with Crippen molar-refractivity contribution in [2.45, 2.75) is 59.3 Å².